The number of aryl methyl sites for hydroxylation is 1. The van der Waals surface area contributed by atoms with Crippen LogP contribution >= 0.6 is 0 Å². The van der Waals surface area contributed by atoms with Crippen molar-refractivity contribution in [3.05, 3.63) is 76.4 Å². The summed E-state index contributed by atoms with van der Waals surface area (Å²) in [6.07, 6.45) is 1.00. The number of amides is 1. The van der Waals surface area contributed by atoms with Crippen LogP contribution in [0.1, 0.15) is 77.0 Å². The number of nitrogens with one attached hydrogen (secondary N) is 1. The highest BCUT2D eigenvalue weighted by Gasteiger charge is 2.41. The van der Waals surface area contributed by atoms with E-state index in [1.54, 1.807) is 18.5 Å². The largest absolute Gasteiger partial charge is 0.416 e. The van der Waals surface area contributed by atoms with Crippen LogP contribution in [-0.4, -0.2) is 39.4 Å². The van der Waals surface area contributed by atoms with Gasteiger partial charge in [0.1, 0.15) is 12.2 Å². The summed E-state index contributed by atoms with van der Waals surface area (Å²) in [6, 6.07) is 10.3. The molecule has 39 heavy (non-hydrogen) atoms. The molecule has 1 aliphatic carbocycles. The fourth-order valence-corrected chi connectivity index (χ4v) is 5.89. The van der Waals surface area contributed by atoms with Crippen molar-refractivity contribution in [3.8, 4) is 0 Å². The van der Waals surface area contributed by atoms with Gasteiger partial charge in [0.05, 0.1) is 25.3 Å². The summed E-state index contributed by atoms with van der Waals surface area (Å²) in [7, 11) is 1.89. The number of hydrogen-bond donors (Lipinski definition) is 1. The van der Waals surface area contributed by atoms with Gasteiger partial charge in [-0.25, -0.2) is 0 Å². The van der Waals surface area contributed by atoms with Crippen LogP contribution in [0.5, 0.6) is 0 Å². The Morgan fingerprint density at radius 1 is 1.21 bits per heavy atom. The molecule has 0 radical (unpaired) electrons. The molecule has 3 aromatic rings. The van der Waals surface area contributed by atoms with E-state index in [4.69, 9.17) is 4.74 Å². The highest BCUT2D eigenvalue weighted by molar-refractivity contribution is 6.10. The Balaban J connectivity index is 1.31. The van der Waals surface area contributed by atoms with E-state index in [9.17, 15) is 18.0 Å². The van der Waals surface area contributed by atoms with Crippen molar-refractivity contribution in [1.82, 2.24) is 20.1 Å². The summed E-state index contributed by atoms with van der Waals surface area (Å²) in [6.45, 7) is 3.62. The first-order chi connectivity index (χ1) is 18.6. The molecule has 10 heteroatoms. The second kappa shape index (κ2) is 9.75. The van der Waals surface area contributed by atoms with Crippen molar-refractivity contribution in [2.75, 3.05) is 18.1 Å². The number of benzene rings is 2. The number of nitrogens with zero attached hydrogens (tertiary/aromatic N) is 4. The third-order valence-corrected chi connectivity index (χ3v) is 8.50. The summed E-state index contributed by atoms with van der Waals surface area (Å²) in [5.74, 6) is 0.693. The predicted octanol–water partition coefficient (Wildman–Crippen LogP) is 5.19. The van der Waals surface area contributed by atoms with Crippen molar-refractivity contribution >= 4 is 11.6 Å². The number of aromatic nitrogens is 3. The molecule has 1 saturated heterocycles. The average molecular weight is 540 g/mol. The number of alkyl halides is 3. The van der Waals surface area contributed by atoms with E-state index in [1.165, 1.54) is 11.0 Å². The molecule has 1 aromatic heterocycles. The zero-order valence-corrected chi connectivity index (χ0v) is 22.1. The minimum absolute atomic E-state index is 0.0352. The van der Waals surface area contributed by atoms with E-state index in [1.807, 2.05) is 29.8 Å². The summed E-state index contributed by atoms with van der Waals surface area (Å²) in [5, 5.41) is 11.8. The maximum absolute atomic E-state index is 14.2. The highest BCUT2D eigenvalue weighted by Crippen LogP contribution is 2.41. The molecule has 3 heterocycles. The van der Waals surface area contributed by atoms with E-state index in [0.717, 1.165) is 37.1 Å². The second-order valence-corrected chi connectivity index (χ2v) is 11.4. The van der Waals surface area contributed by atoms with Gasteiger partial charge in [-0.3, -0.25) is 4.79 Å². The molecule has 1 atom stereocenters. The van der Waals surface area contributed by atoms with Crippen LogP contribution in [0.3, 0.4) is 0 Å². The minimum atomic E-state index is -4.56. The van der Waals surface area contributed by atoms with Crippen LogP contribution in [0.25, 0.3) is 0 Å². The van der Waals surface area contributed by atoms with Crippen molar-refractivity contribution in [2.24, 2.45) is 13.0 Å². The van der Waals surface area contributed by atoms with E-state index >= 15 is 0 Å². The summed E-state index contributed by atoms with van der Waals surface area (Å²) in [4.78, 5) is 15.0. The molecule has 0 bridgehead atoms. The number of ether oxygens (including phenoxy) is 1. The van der Waals surface area contributed by atoms with Gasteiger partial charge in [0.25, 0.3) is 5.91 Å². The first kappa shape index (κ1) is 26.0. The Hall–Kier alpha value is -3.24. The fraction of sp³-hybridized carbons (Fsp3) is 0.483. The highest BCUT2D eigenvalue weighted by atomic mass is 19.4. The van der Waals surface area contributed by atoms with Gasteiger partial charge in [-0.05, 0) is 73.6 Å². The van der Waals surface area contributed by atoms with Gasteiger partial charge in [0.15, 0.2) is 0 Å². The molecule has 3 aliphatic rings. The third kappa shape index (κ3) is 4.96. The normalized spacial score (nSPS) is 19.5. The molecule has 1 N–H and O–H groups in total. The molecule has 206 valence electrons. The van der Waals surface area contributed by atoms with Crippen molar-refractivity contribution in [3.63, 3.8) is 0 Å². The zero-order chi connectivity index (χ0) is 27.4. The lowest BCUT2D eigenvalue weighted by Gasteiger charge is -2.39. The average Bonchev–Trinajstić information content (AvgIpc) is 3.43. The SMILES string of the molecule is Cn1cnnc1[C@@H](CC1COC1)c1cccc(N2Cc3c(cc(CNC4(C)CCC4)cc3C(F)(F)F)C2=O)c1. The van der Waals surface area contributed by atoms with Gasteiger partial charge in [-0.2, -0.15) is 13.2 Å². The standard InChI is InChI=1S/C29H32F3N5O2/c1-28(7-4-8-28)33-13-18-9-23-24(25(11-18)29(30,31)32)14-37(27(23)38)21-6-3-5-20(12-21)22(10-19-15-39-16-19)26-35-34-17-36(26)2/h3,5-6,9,11-12,17,19,22,33H,4,7-8,10,13-16H2,1-2H3/t22-/m0/s1. The molecule has 6 rings (SSSR count). The van der Waals surface area contributed by atoms with Crippen LogP contribution < -0.4 is 10.2 Å². The Labute approximate surface area is 225 Å². The van der Waals surface area contributed by atoms with Crippen LogP contribution in [0.2, 0.25) is 0 Å². The lowest BCUT2D eigenvalue weighted by atomic mass is 9.78. The lowest BCUT2D eigenvalue weighted by molar-refractivity contribution is -0.138. The van der Waals surface area contributed by atoms with E-state index < -0.39 is 17.6 Å². The monoisotopic (exact) mass is 539 g/mol. The van der Waals surface area contributed by atoms with Gasteiger partial charge in [-0.15, -0.1) is 10.2 Å². The van der Waals surface area contributed by atoms with E-state index in [0.29, 0.717) is 36.9 Å². The molecular weight excluding hydrogens is 507 g/mol. The Morgan fingerprint density at radius 2 is 2.00 bits per heavy atom. The number of anilines is 1. The molecule has 2 fully saturated rings. The molecule has 2 aliphatic heterocycles. The molecule has 1 amide bonds. The molecule has 0 spiro atoms. The number of halogens is 3. The maximum atomic E-state index is 14.2. The maximum Gasteiger partial charge on any atom is 0.416 e. The zero-order valence-electron chi connectivity index (χ0n) is 22.1. The third-order valence-electron chi connectivity index (χ3n) is 8.50. The quantitative estimate of drug-likeness (QED) is 0.426. The van der Waals surface area contributed by atoms with Crippen LogP contribution in [0, 0.1) is 5.92 Å². The van der Waals surface area contributed by atoms with Gasteiger partial charge in [-0.1, -0.05) is 12.1 Å². The predicted molar refractivity (Wildman–Crippen MR) is 139 cm³/mol. The first-order valence-electron chi connectivity index (χ1n) is 13.4. The van der Waals surface area contributed by atoms with Gasteiger partial charge in [0.2, 0.25) is 0 Å². The Bertz CT molecular complexity index is 1390. The number of rotatable bonds is 8. The molecular formula is C29H32F3N5O2. The molecule has 2 aromatic carbocycles. The number of fused-ring (bicyclic) bond motifs is 1. The number of hydrogen-bond acceptors (Lipinski definition) is 5. The second-order valence-electron chi connectivity index (χ2n) is 11.4. The smallest absolute Gasteiger partial charge is 0.381 e. The van der Waals surface area contributed by atoms with Crippen molar-refractivity contribution < 1.29 is 22.7 Å². The summed E-state index contributed by atoms with van der Waals surface area (Å²) < 4.78 is 49.8. The van der Waals surface area contributed by atoms with Gasteiger partial charge < -0.3 is 19.5 Å². The molecule has 7 nitrogen and oxygen atoms in total. The van der Waals surface area contributed by atoms with Gasteiger partial charge in [0, 0.05) is 42.2 Å². The fourth-order valence-electron chi connectivity index (χ4n) is 5.89. The molecule has 0 unspecified atom stereocenters. The Morgan fingerprint density at radius 3 is 2.62 bits per heavy atom. The van der Waals surface area contributed by atoms with Crippen molar-refractivity contribution in [1.29, 1.82) is 0 Å². The lowest BCUT2D eigenvalue weighted by Crippen LogP contribution is -2.47. The van der Waals surface area contributed by atoms with Crippen LogP contribution in [0.15, 0.2) is 42.7 Å². The van der Waals surface area contributed by atoms with E-state index in [-0.39, 0.29) is 29.1 Å². The van der Waals surface area contributed by atoms with Crippen molar-refractivity contribution in [2.45, 2.75) is 63.3 Å². The van der Waals surface area contributed by atoms with E-state index in [2.05, 4.69) is 22.4 Å². The molecule has 1 saturated carbocycles. The first-order valence-corrected chi connectivity index (χ1v) is 13.4. The number of carbonyl (C=O) groups excluding carboxylic acids is 1. The van der Waals surface area contributed by atoms with Crippen LogP contribution in [-0.2, 0) is 31.1 Å². The summed E-state index contributed by atoms with van der Waals surface area (Å²) >= 11 is 0. The Kier molecular flexibility index (Phi) is 6.50. The topological polar surface area (TPSA) is 72.3 Å². The van der Waals surface area contributed by atoms with Crippen LogP contribution in [0.4, 0.5) is 18.9 Å². The summed E-state index contributed by atoms with van der Waals surface area (Å²) in [5.41, 5.74) is 1.36. The van der Waals surface area contributed by atoms with Gasteiger partial charge >= 0.3 is 6.18 Å². The minimum Gasteiger partial charge on any atom is -0.381 e. The number of carbonyl (C=O) groups is 1.